The van der Waals surface area contributed by atoms with Crippen LogP contribution in [0.15, 0.2) is 29.3 Å². The summed E-state index contributed by atoms with van der Waals surface area (Å²) in [5.41, 5.74) is 0.904. The van der Waals surface area contributed by atoms with Crippen molar-refractivity contribution >= 4 is 29.9 Å². The Kier molecular flexibility index (Phi) is 12.0. The Bertz CT molecular complexity index is 466. The monoisotopic (exact) mass is 436 g/mol. The minimum absolute atomic E-state index is 0. The Morgan fingerprint density at radius 3 is 2.61 bits per heavy atom. The molecule has 1 rings (SSSR count). The number of rotatable bonds is 8. The minimum Gasteiger partial charge on any atom is -0.356 e. The Hall–Kier alpha value is -0.890. The Labute approximate surface area is 157 Å². The molecule has 0 radical (unpaired) electrons. The molecule has 0 unspecified atom stereocenters. The number of benzene rings is 1. The summed E-state index contributed by atoms with van der Waals surface area (Å²) in [6.07, 6.45) is 2.25. The van der Waals surface area contributed by atoms with E-state index in [1.807, 2.05) is 6.07 Å². The van der Waals surface area contributed by atoms with Crippen LogP contribution in [0.4, 0.5) is 4.39 Å². The molecular formula is C17H30FIN4. The standard InChI is InChI=1S/C17H29FN4.HI/c1-14(2)22(4)11-6-5-10-20-17(19-3)21-13-15-8-7-9-16(18)12-15;/h7-9,12,14H,5-6,10-11,13H2,1-4H3,(H2,19,20,21);1H. The van der Waals surface area contributed by atoms with E-state index in [0.29, 0.717) is 12.6 Å². The van der Waals surface area contributed by atoms with E-state index in [9.17, 15) is 4.39 Å². The number of nitrogens with one attached hydrogen (secondary N) is 2. The molecule has 1 aromatic rings. The summed E-state index contributed by atoms with van der Waals surface area (Å²) in [4.78, 5) is 6.52. The van der Waals surface area contributed by atoms with Gasteiger partial charge in [0.05, 0.1) is 0 Å². The first-order chi connectivity index (χ1) is 10.5. The Balaban J connectivity index is 0.00000484. The molecule has 0 aromatic heterocycles. The highest BCUT2D eigenvalue weighted by atomic mass is 127. The van der Waals surface area contributed by atoms with Crippen molar-refractivity contribution in [1.82, 2.24) is 15.5 Å². The second-order valence-electron chi connectivity index (χ2n) is 5.76. The minimum atomic E-state index is -0.212. The number of hydrogen-bond donors (Lipinski definition) is 2. The fourth-order valence-electron chi connectivity index (χ4n) is 2.00. The van der Waals surface area contributed by atoms with Crippen LogP contribution in [-0.2, 0) is 6.54 Å². The fraction of sp³-hybridized carbons (Fsp3) is 0.588. The summed E-state index contributed by atoms with van der Waals surface area (Å²) in [5, 5.41) is 6.48. The van der Waals surface area contributed by atoms with E-state index in [2.05, 4.69) is 41.4 Å². The molecule has 0 saturated heterocycles. The second-order valence-corrected chi connectivity index (χ2v) is 5.76. The molecule has 4 nitrogen and oxygen atoms in total. The Morgan fingerprint density at radius 2 is 2.00 bits per heavy atom. The molecule has 132 valence electrons. The zero-order chi connectivity index (χ0) is 16.4. The van der Waals surface area contributed by atoms with Crippen molar-refractivity contribution in [2.75, 3.05) is 27.2 Å². The lowest BCUT2D eigenvalue weighted by Gasteiger charge is -2.20. The highest BCUT2D eigenvalue weighted by Gasteiger charge is 2.02. The summed E-state index contributed by atoms with van der Waals surface area (Å²) < 4.78 is 13.1. The van der Waals surface area contributed by atoms with E-state index < -0.39 is 0 Å². The van der Waals surface area contributed by atoms with Gasteiger partial charge in [0.15, 0.2) is 5.96 Å². The maximum Gasteiger partial charge on any atom is 0.191 e. The average Bonchev–Trinajstić information content (AvgIpc) is 2.49. The summed E-state index contributed by atoms with van der Waals surface area (Å²) in [6, 6.07) is 7.18. The van der Waals surface area contributed by atoms with Crippen LogP contribution in [0.25, 0.3) is 0 Å². The van der Waals surface area contributed by atoms with Gasteiger partial charge >= 0.3 is 0 Å². The molecule has 0 heterocycles. The van der Waals surface area contributed by atoms with E-state index in [-0.39, 0.29) is 29.8 Å². The number of unbranched alkanes of at least 4 members (excludes halogenated alkanes) is 1. The van der Waals surface area contributed by atoms with Crippen LogP contribution in [-0.4, -0.2) is 44.1 Å². The van der Waals surface area contributed by atoms with E-state index in [1.165, 1.54) is 12.1 Å². The first-order valence-corrected chi connectivity index (χ1v) is 7.92. The molecule has 23 heavy (non-hydrogen) atoms. The molecule has 0 aliphatic heterocycles. The lowest BCUT2D eigenvalue weighted by molar-refractivity contribution is 0.268. The smallest absolute Gasteiger partial charge is 0.191 e. The molecule has 0 atom stereocenters. The molecule has 0 amide bonds. The normalized spacial score (nSPS) is 11.5. The van der Waals surface area contributed by atoms with E-state index >= 15 is 0 Å². The van der Waals surface area contributed by atoms with Gasteiger partial charge in [-0.05, 0) is 58.0 Å². The van der Waals surface area contributed by atoms with Crippen molar-refractivity contribution in [3.63, 3.8) is 0 Å². The number of guanidine groups is 1. The number of halogens is 2. The molecule has 0 saturated carbocycles. The molecule has 0 fully saturated rings. The highest BCUT2D eigenvalue weighted by molar-refractivity contribution is 14.0. The van der Waals surface area contributed by atoms with Gasteiger partial charge in [-0.25, -0.2) is 4.39 Å². The summed E-state index contributed by atoms with van der Waals surface area (Å²) >= 11 is 0. The third-order valence-electron chi connectivity index (χ3n) is 3.68. The topological polar surface area (TPSA) is 39.7 Å². The zero-order valence-electron chi connectivity index (χ0n) is 14.6. The van der Waals surface area contributed by atoms with Gasteiger partial charge in [-0.2, -0.15) is 0 Å². The molecule has 0 aliphatic carbocycles. The van der Waals surface area contributed by atoms with Gasteiger partial charge in [0.2, 0.25) is 0 Å². The zero-order valence-corrected chi connectivity index (χ0v) is 16.9. The molecule has 0 spiro atoms. The van der Waals surface area contributed by atoms with Crippen LogP contribution < -0.4 is 10.6 Å². The Morgan fingerprint density at radius 1 is 1.26 bits per heavy atom. The van der Waals surface area contributed by atoms with Gasteiger partial charge < -0.3 is 15.5 Å². The van der Waals surface area contributed by atoms with Gasteiger partial charge in [0.1, 0.15) is 5.82 Å². The highest BCUT2D eigenvalue weighted by Crippen LogP contribution is 2.02. The predicted octanol–water partition coefficient (Wildman–Crippen LogP) is 3.23. The van der Waals surface area contributed by atoms with Crippen molar-refractivity contribution in [2.45, 2.75) is 39.3 Å². The number of aliphatic imine (C=N–C) groups is 1. The largest absolute Gasteiger partial charge is 0.356 e. The van der Waals surface area contributed by atoms with Crippen molar-refractivity contribution in [3.05, 3.63) is 35.6 Å². The summed E-state index contributed by atoms with van der Waals surface area (Å²) in [6.45, 7) is 6.96. The van der Waals surface area contributed by atoms with Crippen LogP contribution in [0.2, 0.25) is 0 Å². The SMILES string of the molecule is CN=C(NCCCCN(C)C(C)C)NCc1cccc(F)c1.I. The van der Waals surface area contributed by atoms with Crippen LogP contribution in [0.3, 0.4) is 0 Å². The average molecular weight is 436 g/mol. The summed E-state index contributed by atoms with van der Waals surface area (Å²) in [5.74, 6) is 0.540. The summed E-state index contributed by atoms with van der Waals surface area (Å²) in [7, 11) is 3.89. The third-order valence-corrected chi connectivity index (χ3v) is 3.68. The lowest BCUT2D eigenvalue weighted by Crippen LogP contribution is -2.37. The van der Waals surface area contributed by atoms with Gasteiger partial charge in [0, 0.05) is 26.2 Å². The molecule has 1 aromatic carbocycles. The molecule has 6 heteroatoms. The maximum atomic E-state index is 13.1. The van der Waals surface area contributed by atoms with E-state index in [1.54, 1.807) is 13.1 Å². The van der Waals surface area contributed by atoms with E-state index in [4.69, 9.17) is 0 Å². The van der Waals surface area contributed by atoms with Crippen molar-refractivity contribution in [2.24, 2.45) is 4.99 Å². The van der Waals surface area contributed by atoms with Gasteiger partial charge in [-0.3, -0.25) is 4.99 Å². The van der Waals surface area contributed by atoms with Crippen LogP contribution >= 0.6 is 24.0 Å². The van der Waals surface area contributed by atoms with Gasteiger partial charge in [-0.1, -0.05) is 12.1 Å². The second kappa shape index (κ2) is 12.5. The van der Waals surface area contributed by atoms with Gasteiger partial charge in [-0.15, -0.1) is 24.0 Å². The molecular weight excluding hydrogens is 406 g/mol. The maximum absolute atomic E-state index is 13.1. The van der Waals surface area contributed by atoms with Crippen LogP contribution in [0.5, 0.6) is 0 Å². The first-order valence-electron chi connectivity index (χ1n) is 7.92. The third kappa shape index (κ3) is 9.76. The van der Waals surface area contributed by atoms with Crippen LogP contribution in [0, 0.1) is 5.82 Å². The molecule has 2 N–H and O–H groups in total. The van der Waals surface area contributed by atoms with E-state index in [0.717, 1.165) is 37.5 Å². The number of nitrogens with zero attached hydrogens (tertiary/aromatic N) is 2. The van der Waals surface area contributed by atoms with Crippen molar-refractivity contribution in [3.8, 4) is 0 Å². The molecule has 0 bridgehead atoms. The fourth-order valence-corrected chi connectivity index (χ4v) is 2.00. The lowest BCUT2D eigenvalue weighted by atomic mass is 10.2. The van der Waals surface area contributed by atoms with Gasteiger partial charge in [0.25, 0.3) is 0 Å². The van der Waals surface area contributed by atoms with Crippen molar-refractivity contribution in [1.29, 1.82) is 0 Å². The first kappa shape index (κ1) is 22.1. The quantitative estimate of drug-likeness (QED) is 0.285. The number of hydrogen-bond acceptors (Lipinski definition) is 2. The predicted molar refractivity (Wildman–Crippen MR) is 107 cm³/mol. The van der Waals surface area contributed by atoms with Crippen molar-refractivity contribution < 1.29 is 4.39 Å². The van der Waals surface area contributed by atoms with Crippen LogP contribution in [0.1, 0.15) is 32.3 Å². The molecule has 0 aliphatic rings.